The molecular weight excluding hydrogens is 853 g/mol. The van der Waals surface area contributed by atoms with Crippen LogP contribution in [0.15, 0.2) is 170 Å². The summed E-state index contributed by atoms with van der Waals surface area (Å²) in [5.74, 6) is -1.11. The molecule has 0 N–H and O–H groups in total. The van der Waals surface area contributed by atoms with E-state index in [2.05, 4.69) is 179 Å². The summed E-state index contributed by atoms with van der Waals surface area (Å²) >= 11 is 0. The second-order valence-electron chi connectivity index (χ2n) is 16.6. The van der Waals surface area contributed by atoms with E-state index in [0.29, 0.717) is 19.3 Å². The van der Waals surface area contributed by atoms with Gasteiger partial charge in [-0.3, -0.25) is 14.4 Å². The van der Waals surface area contributed by atoms with Crippen LogP contribution in [0.25, 0.3) is 0 Å². The van der Waals surface area contributed by atoms with E-state index >= 15 is 0 Å². The summed E-state index contributed by atoms with van der Waals surface area (Å²) in [6.07, 6.45) is 82.1. The second kappa shape index (κ2) is 55.4. The first-order chi connectivity index (χ1) is 34.0. The monoisotopic (exact) mass is 947 g/mol. The zero-order chi connectivity index (χ0) is 50.0. The Morgan fingerprint density at radius 3 is 0.913 bits per heavy atom. The number of hydrogen-bond donors (Lipinski definition) is 0. The molecule has 0 aromatic carbocycles. The fourth-order valence-electron chi connectivity index (χ4n) is 6.33. The quantitative estimate of drug-likeness (QED) is 0.0262. The highest BCUT2D eigenvalue weighted by Crippen LogP contribution is 2.11. The molecule has 0 saturated heterocycles. The highest BCUT2D eigenvalue weighted by atomic mass is 16.6. The third kappa shape index (κ3) is 53.6. The van der Waals surface area contributed by atoms with Crippen molar-refractivity contribution in [3.05, 3.63) is 170 Å². The number of esters is 3. The maximum absolute atomic E-state index is 12.8. The molecule has 382 valence electrons. The van der Waals surface area contributed by atoms with Crippen molar-refractivity contribution in [3.63, 3.8) is 0 Å². The van der Waals surface area contributed by atoms with Gasteiger partial charge >= 0.3 is 17.9 Å². The molecule has 0 aliphatic carbocycles. The number of allylic oxidation sites excluding steroid dienone is 28. The van der Waals surface area contributed by atoms with E-state index in [1.165, 1.54) is 0 Å². The Bertz CT molecular complexity index is 1650. The van der Waals surface area contributed by atoms with Gasteiger partial charge in [0.1, 0.15) is 13.2 Å². The summed E-state index contributed by atoms with van der Waals surface area (Å²) in [5.41, 5.74) is 0. The van der Waals surface area contributed by atoms with E-state index in [-0.39, 0.29) is 50.4 Å². The highest BCUT2D eigenvalue weighted by molar-refractivity contribution is 5.71. The Hall–Kier alpha value is -5.23. The molecule has 0 fully saturated rings. The van der Waals surface area contributed by atoms with Crippen molar-refractivity contribution < 1.29 is 28.6 Å². The van der Waals surface area contributed by atoms with Crippen LogP contribution < -0.4 is 0 Å². The minimum Gasteiger partial charge on any atom is -0.462 e. The van der Waals surface area contributed by atoms with Gasteiger partial charge in [-0.25, -0.2) is 0 Å². The maximum atomic E-state index is 12.8. The van der Waals surface area contributed by atoms with Gasteiger partial charge in [-0.15, -0.1) is 0 Å². The molecular formula is C63H94O6. The van der Waals surface area contributed by atoms with Crippen LogP contribution in [-0.4, -0.2) is 37.2 Å². The van der Waals surface area contributed by atoms with Crippen molar-refractivity contribution in [1.82, 2.24) is 0 Å². The summed E-state index contributed by atoms with van der Waals surface area (Å²) in [7, 11) is 0. The van der Waals surface area contributed by atoms with Gasteiger partial charge in [0, 0.05) is 19.3 Å². The second-order valence-corrected chi connectivity index (χ2v) is 16.6. The Balaban J connectivity index is 4.65. The van der Waals surface area contributed by atoms with E-state index in [9.17, 15) is 14.4 Å². The van der Waals surface area contributed by atoms with Crippen molar-refractivity contribution >= 4 is 17.9 Å². The van der Waals surface area contributed by atoms with Gasteiger partial charge in [-0.05, 0) is 135 Å². The third-order valence-electron chi connectivity index (χ3n) is 10.2. The number of rotatable bonds is 45. The molecule has 1 atom stereocenters. The van der Waals surface area contributed by atoms with E-state index < -0.39 is 6.10 Å². The molecule has 0 rings (SSSR count). The molecule has 0 radical (unpaired) electrons. The van der Waals surface area contributed by atoms with Crippen molar-refractivity contribution in [2.45, 2.75) is 194 Å². The average molecular weight is 947 g/mol. The standard InChI is InChI=1S/C63H94O6/c1-4-7-10-13-16-19-22-25-28-30-31-33-35-38-41-44-47-50-53-56-62(65)68-59-60(58-67-61(64)55-52-49-46-43-40-37-34-27-24-21-18-15-12-9-6-3)69-63(66)57-54-51-48-45-42-39-36-32-29-26-23-20-17-14-11-8-5-2/h7-12,16-21,25-29,31,33-34,36,38-41,43,47,50,60H,4-6,13-15,22-24,30,32,35,37,42,44-46,48-49,51-59H2,1-3H3/b10-7-,11-8-,12-9-,19-16-,20-17-,21-18-,28-25-,29-26-,33-31-,34-27-,39-36-,41-38-,43-40-,50-47-/t60-/m0/s1. The summed E-state index contributed by atoms with van der Waals surface area (Å²) in [6, 6.07) is 0. The van der Waals surface area contributed by atoms with Crippen molar-refractivity contribution in [2.24, 2.45) is 0 Å². The van der Waals surface area contributed by atoms with Crippen LogP contribution in [0.5, 0.6) is 0 Å². The van der Waals surface area contributed by atoms with Gasteiger partial charge < -0.3 is 14.2 Å². The molecule has 0 bridgehead atoms. The largest absolute Gasteiger partial charge is 0.462 e. The SMILES string of the molecule is CC/C=C\C/C=C\C/C=C\C/C=C\C/C=C\C/C=C\CCC(=O)OC[C@H](COC(=O)CCCC/C=C\C/C=C\C/C=C\C/C=C\CC)OC(=O)CCCCCC/C=C\C/C=C\C/C=C\C/C=C\CC. The Morgan fingerprint density at radius 2 is 0.551 bits per heavy atom. The third-order valence-corrected chi connectivity index (χ3v) is 10.2. The van der Waals surface area contributed by atoms with Gasteiger partial charge in [0.2, 0.25) is 0 Å². The summed E-state index contributed by atoms with van der Waals surface area (Å²) in [4.78, 5) is 38.0. The summed E-state index contributed by atoms with van der Waals surface area (Å²) < 4.78 is 16.7. The predicted octanol–water partition coefficient (Wildman–Crippen LogP) is 18.0. The van der Waals surface area contributed by atoms with Crippen molar-refractivity contribution in [2.75, 3.05) is 13.2 Å². The van der Waals surface area contributed by atoms with E-state index in [0.717, 1.165) is 128 Å². The lowest BCUT2D eigenvalue weighted by atomic mass is 10.1. The van der Waals surface area contributed by atoms with Crippen molar-refractivity contribution in [1.29, 1.82) is 0 Å². The number of carbonyl (C=O) groups is 3. The molecule has 6 nitrogen and oxygen atoms in total. The number of carbonyl (C=O) groups excluding carboxylic acids is 3. The van der Waals surface area contributed by atoms with Gasteiger partial charge in [0.05, 0.1) is 0 Å². The molecule has 0 spiro atoms. The van der Waals surface area contributed by atoms with Gasteiger partial charge in [0.15, 0.2) is 6.10 Å². The van der Waals surface area contributed by atoms with Crippen LogP contribution in [-0.2, 0) is 28.6 Å². The van der Waals surface area contributed by atoms with E-state index in [1.807, 2.05) is 12.2 Å². The van der Waals surface area contributed by atoms with Crippen molar-refractivity contribution in [3.8, 4) is 0 Å². The number of unbranched alkanes of at least 4 members (excludes halogenated alkanes) is 6. The Labute approximate surface area is 422 Å². The van der Waals surface area contributed by atoms with Crippen LogP contribution in [0.4, 0.5) is 0 Å². The molecule has 0 amide bonds. The van der Waals surface area contributed by atoms with Crippen LogP contribution in [0.2, 0.25) is 0 Å². The smallest absolute Gasteiger partial charge is 0.306 e. The summed E-state index contributed by atoms with van der Waals surface area (Å²) in [5, 5.41) is 0. The molecule has 0 unspecified atom stereocenters. The van der Waals surface area contributed by atoms with Gasteiger partial charge in [0.25, 0.3) is 0 Å². The maximum Gasteiger partial charge on any atom is 0.306 e. The zero-order valence-corrected chi connectivity index (χ0v) is 43.5. The first-order valence-electron chi connectivity index (χ1n) is 26.6. The van der Waals surface area contributed by atoms with Gasteiger partial charge in [-0.1, -0.05) is 204 Å². The lowest BCUT2D eigenvalue weighted by Crippen LogP contribution is -2.30. The molecule has 0 saturated carbocycles. The molecule has 69 heavy (non-hydrogen) atoms. The van der Waals surface area contributed by atoms with Crippen LogP contribution >= 0.6 is 0 Å². The highest BCUT2D eigenvalue weighted by Gasteiger charge is 2.19. The average Bonchev–Trinajstić information content (AvgIpc) is 3.35. The van der Waals surface area contributed by atoms with E-state index in [1.54, 1.807) is 0 Å². The Morgan fingerprint density at radius 1 is 0.290 bits per heavy atom. The number of hydrogen-bond acceptors (Lipinski definition) is 6. The molecule has 0 aliphatic rings. The zero-order valence-electron chi connectivity index (χ0n) is 43.5. The first kappa shape index (κ1) is 63.8. The lowest BCUT2D eigenvalue weighted by molar-refractivity contribution is -0.166. The Kier molecular flexibility index (Phi) is 51.2. The van der Waals surface area contributed by atoms with E-state index in [4.69, 9.17) is 14.2 Å². The minimum atomic E-state index is -0.848. The normalized spacial score (nSPS) is 13.5. The molecule has 0 heterocycles. The topological polar surface area (TPSA) is 78.9 Å². The minimum absolute atomic E-state index is 0.142. The van der Waals surface area contributed by atoms with Crippen LogP contribution in [0, 0.1) is 0 Å². The lowest BCUT2D eigenvalue weighted by Gasteiger charge is -2.18. The predicted molar refractivity (Wildman–Crippen MR) is 297 cm³/mol. The van der Waals surface area contributed by atoms with Crippen LogP contribution in [0.3, 0.4) is 0 Å². The molecule has 0 aromatic heterocycles. The molecule has 0 aliphatic heterocycles. The molecule has 0 aromatic rings. The number of ether oxygens (including phenoxy) is 3. The van der Waals surface area contributed by atoms with Gasteiger partial charge in [-0.2, -0.15) is 0 Å². The fraction of sp³-hybridized carbons (Fsp3) is 0.508. The fourth-order valence-corrected chi connectivity index (χ4v) is 6.33. The molecule has 6 heteroatoms. The van der Waals surface area contributed by atoms with Crippen LogP contribution in [0.1, 0.15) is 188 Å². The summed E-state index contributed by atoms with van der Waals surface area (Å²) in [6.45, 7) is 6.14. The first-order valence-corrected chi connectivity index (χ1v) is 26.6.